The molecule has 9 heteroatoms. The molecule has 0 spiro atoms. The van der Waals surface area contributed by atoms with Crippen molar-refractivity contribution in [2.45, 2.75) is 18.8 Å². The largest absolute Gasteiger partial charge is 0.333 e. The SMILES string of the molecule is O=C(c1nc(Nc2cc(C3CC3)[nH]n2)c2cc(Br)ccc2n1)N1CCNCC1. The van der Waals surface area contributed by atoms with Crippen molar-refractivity contribution in [1.29, 1.82) is 0 Å². The van der Waals surface area contributed by atoms with Crippen molar-refractivity contribution < 1.29 is 4.79 Å². The van der Waals surface area contributed by atoms with Crippen LogP contribution in [0.15, 0.2) is 28.7 Å². The van der Waals surface area contributed by atoms with Crippen LogP contribution < -0.4 is 10.6 Å². The molecule has 28 heavy (non-hydrogen) atoms. The smallest absolute Gasteiger partial charge is 0.291 e. The van der Waals surface area contributed by atoms with E-state index in [9.17, 15) is 4.79 Å². The molecule has 1 saturated carbocycles. The summed E-state index contributed by atoms with van der Waals surface area (Å²) in [5, 5.41) is 14.8. The number of benzene rings is 1. The molecule has 144 valence electrons. The molecule has 1 saturated heterocycles. The molecule has 0 bridgehead atoms. The molecule has 1 aliphatic carbocycles. The summed E-state index contributed by atoms with van der Waals surface area (Å²) >= 11 is 3.51. The summed E-state index contributed by atoms with van der Waals surface area (Å²) in [6, 6.07) is 7.77. The number of carbonyl (C=O) groups is 1. The van der Waals surface area contributed by atoms with Crippen molar-refractivity contribution in [3.05, 3.63) is 40.3 Å². The van der Waals surface area contributed by atoms with Gasteiger partial charge in [0.25, 0.3) is 5.91 Å². The Bertz CT molecular complexity index is 1040. The van der Waals surface area contributed by atoms with E-state index >= 15 is 0 Å². The van der Waals surface area contributed by atoms with E-state index in [1.807, 2.05) is 24.3 Å². The predicted molar refractivity (Wildman–Crippen MR) is 110 cm³/mol. The third-order valence-electron chi connectivity index (χ3n) is 5.11. The third-order valence-corrected chi connectivity index (χ3v) is 5.61. The van der Waals surface area contributed by atoms with Crippen molar-refractivity contribution in [2.75, 3.05) is 31.5 Å². The van der Waals surface area contributed by atoms with Gasteiger partial charge in [-0.15, -0.1) is 0 Å². The van der Waals surface area contributed by atoms with Gasteiger partial charge in [-0.05, 0) is 31.0 Å². The van der Waals surface area contributed by atoms with Gasteiger partial charge >= 0.3 is 0 Å². The highest BCUT2D eigenvalue weighted by Gasteiger charge is 2.26. The summed E-state index contributed by atoms with van der Waals surface area (Å²) in [7, 11) is 0. The zero-order chi connectivity index (χ0) is 19.1. The normalized spacial score (nSPS) is 17.1. The van der Waals surface area contributed by atoms with Crippen molar-refractivity contribution in [3.8, 4) is 0 Å². The summed E-state index contributed by atoms with van der Waals surface area (Å²) in [6.45, 7) is 2.89. The molecule has 2 fully saturated rings. The number of hydrogen-bond donors (Lipinski definition) is 3. The average molecular weight is 442 g/mol. The first-order chi connectivity index (χ1) is 13.7. The van der Waals surface area contributed by atoms with Gasteiger partial charge in [0, 0.05) is 53.7 Å². The molecule has 1 amide bonds. The fraction of sp³-hybridized carbons (Fsp3) is 0.368. The summed E-state index contributed by atoms with van der Waals surface area (Å²) < 4.78 is 0.925. The Morgan fingerprint density at radius 3 is 2.79 bits per heavy atom. The lowest BCUT2D eigenvalue weighted by molar-refractivity contribution is 0.0724. The van der Waals surface area contributed by atoms with E-state index in [1.54, 1.807) is 4.90 Å². The highest BCUT2D eigenvalue weighted by atomic mass is 79.9. The molecule has 3 N–H and O–H groups in total. The second kappa shape index (κ2) is 7.14. The molecule has 5 rings (SSSR count). The van der Waals surface area contributed by atoms with Crippen LogP contribution in [0.25, 0.3) is 10.9 Å². The van der Waals surface area contributed by atoms with Gasteiger partial charge in [-0.1, -0.05) is 15.9 Å². The standard InChI is InChI=1S/C19H20BrN7O/c20-12-3-4-14-13(9-12)17(23-16-10-15(25-26-16)11-1-2-11)24-18(22-14)19(28)27-7-5-21-6-8-27/h3-4,9-11,21H,1-2,5-8H2,(H2,22,23,24,25,26). The number of aromatic nitrogens is 4. The summed E-state index contributed by atoms with van der Waals surface area (Å²) in [5.74, 6) is 1.93. The van der Waals surface area contributed by atoms with Crippen molar-refractivity contribution >= 4 is 44.4 Å². The van der Waals surface area contributed by atoms with Crippen LogP contribution in [0.2, 0.25) is 0 Å². The van der Waals surface area contributed by atoms with Crippen molar-refractivity contribution in [2.24, 2.45) is 0 Å². The molecule has 0 atom stereocenters. The fourth-order valence-electron chi connectivity index (χ4n) is 3.43. The minimum absolute atomic E-state index is 0.143. The maximum atomic E-state index is 12.9. The lowest BCUT2D eigenvalue weighted by Gasteiger charge is -2.26. The number of nitrogens with one attached hydrogen (secondary N) is 3. The molecular formula is C19H20BrN7O. The molecule has 3 aromatic rings. The van der Waals surface area contributed by atoms with Crippen LogP contribution in [-0.4, -0.2) is 57.2 Å². The van der Waals surface area contributed by atoms with Gasteiger partial charge in [-0.2, -0.15) is 5.10 Å². The van der Waals surface area contributed by atoms with Crippen LogP contribution >= 0.6 is 15.9 Å². The quantitative estimate of drug-likeness (QED) is 0.575. The van der Waals surface area contributed by atoms with Crippen LogP contribution in [0, 0.1) is 0 Å². The predicted octanol–water partition coefficient (Wildman–Crippen LogP) is 2.78. The van der Waals surface area contributed by atoms with E-state index in [-0.39, 0.29) is 11.7 Å². The van der Waals surface area contributed by atoms with Gasteiger partial charge in [-0.25, -0.2) is 9.97 Å². The zero-order valence-corrected chi connectivity index (χ0v) is 16.8. The second-order valence-electron chi connectivity index (χ2n) is 7.21. The number of fused-ring (bicyclic) bond motifs is 1. The van der Waals surface area contributed by atoms with Crippen LogP contribution in [0.1, 0.15) is 35.1 Å². The van der Waals surface area contributed by atoms with Gasteiger partial charge in [0.2, 0.25) is 5.82 Å². The van der Waals surface area contributed by atoms with Crippen molar-refractivity contribution in [3.63, 3.8) is 0 Å². The Balaban J connectivity index is 1.52. The van der Waals surface area contributed by atoms with E-state index in [2.05, 4.69) is 46.7 Å². The summed E-state index contributed by atoms with van der Waals surface area (Å²) in [4.78, 5) is 23.8. The number of hydrogen-bond acceptors (Lipinski definition) is 6. The lowest BCUT2D eigenvalue weighted by atomic mass is 10.2. The Hall–Kier alpha value is -2.52. The highest BCUT2D eigenvalue weighted by molar-refractivity contribution is 9.10. The van der Waals surface area contributed by atoms with E-state index in [0.29, 0.717) is 30.6 Å². The first-order valence-electron chi connectivity index (χ1n) is 9.47. The highest BCUT2D eigenvalue weighted by Crippen LogP contribution is 2.39. The molecule has 2 aliphatic rings. The maximum absolute atomic E-state index is 12.9. The summed E-state index contributed by atoms with van der Waals surface area (Å²) in [6.07, 6.45) is 2.41. The number of H-pyrrole nitrogens is 1. The van der Waals surface area contributed by atoms with Crippen molar-refractivity contribution in [1.82, 2.24) is 30.4 Å². The molecule has 3 heterocycles. The number of amides is 1. The van der Waals surface area contributed by atoms with Crippen LogP contribution in [0.4, 0.5) is 11.6 Å². The number of rotatable bonds is 4. The first kappa shape index (κ1) is 17.6. The Kier molecular flexibility index (Phi) is 4.48. The van der Waals surface area contributed by atoms with E-state index in [1.165, 1.54) is 12.8 Å². The Morgan fingerprint density at radius 1 is 1.18 bits per heavy atom. The molecule has 0 radical (unpaired) electrons. The first-order valence-corrected chi connectivity index (χ1v) is 10.3. The van der Waals surface area contributed by atoms with Gasteiger partial charge in [0.05, 0.1) is 5.52 Å². The number of aromatic amines is 1. The number of piperazine rings is 1. The molecule has 0 unspecified atom stereocenters. The maximum Gasteiger partial charge on any atom is 0.291 e. The fourth-order valence-corrected chi connectivity index (χ4v) is 3.79. The van der Waals surface area contributed by atoms with Gasteiger partial charge in [0.1, 0.15) is 5.82 Å². The molecular weight excluding hydrogens is 422 g/mol. The zero-order valence-electron chi connectivity index (χ0n) is 15.2. The molecule has 2 aromatic heterocycles. The topological polar surface area (TPSA) is 98.8 Å². The monoisotopic (exact) mass is 441 g/mol. The van der Waals surface area contributed by atoms with Crippen LogP contribution in [0.5, 0.6) is 0 Å². The number of anilines is 2. The third kappa shape index (κ3) is 3.47. The van der Waals surface area contributed by atoms with Gasteiger partial charge in [-0.3, -0.25) is 9.89 Å². The van der Waals surface area contributed by atoms with E-state index in [0.717, 1.165) is 34.2 Å². The Morgan fingerprint density at radius 2 is 2.00 bits per heavy atom. The lowest BCUT2D eigenvalue weighted by Crippen LogP contribution is -2.46. The Labute approximate surface area is 170 Å². The van der Waals surface area contributed by atoms with Crippen LogP contribution in [-0.2, 0) is 0 Å². The number of carbonyl (C=O) groups excluding carboxylic acids is 1. The van der Waals surface area contributed by atoms with Gasteiger partial charge < -0.3 is 15.5 Å². The molecule has 1 aliphatic heterocycles. The van der Waals surface area contributed by atoms with Gasteiger partial charge in [0.15, 0.2) is 5.82 Å². The van der Waals surface area contributed by atoms with E-state index in [4.69, 9.17) is 0 Å². The van der Waals surface area contributed by atoms with E-state index < -0.39 is 0 Å². The summed E-state index contributed by atoms with van der Waals surface area (Å²) in [5.41, 5.74) is 1.86. The molecule has 1 aromatic carbocycles. The number of nitrogens with zero attached hydrogens (tertiary/aromatic N) is 4. The average Bonchev–Trinajstić information content (AvgIpc) is 3.47. The van der Waals surface area contributed by atoms with Crippen LogP contribution in [0.3, 0.4) is 0 Å². The number of halogens is 1. The second-order valence-corrected chi connectivity index (χ2v) is 8.12. The minimum Gasteiger partial charge on any atom is -0.333 e. The minimum atomic E-state index is -0.143. The molecule has 8 nitrogen and oxygen atoms in total.